The molecule has 0 aliphatic carbocycles. The van der Waals surface area contributed by atoms with Crippen molar-refractivity contribution in [3.63, 3.8) is 0 Å². The number of nitrogens with zero attached hydrogens (tertiary/aromatic N) is 3. The molecule has 0 N–H and O–H groups in total. The van der Waals surface area contributed by atoms with Gasteiger partial charge < -0.3 is 0 Å². The maximum atomic E-state index is 12.9. The molecule has 3 heterocycles. The molecule has 0 spiro atoms. The van der Waals surface area contributed by atoms with Crippen LogP contribution in [0.2, 0.25) is 0 Å². The molecule has 0 saturated carbocycles. The van der Waals surface area contributed by atoms with Gasteiger partial charge in [-0.25, -0.2) is 4.98 Å². The van der Waals surface area contributed by atoms with E-state index in [0.717, 1.165) is 34.2 Å². The molecule has 3 aromatic rings. The van der Waals surface area contributed by atoms with Crippen LogP contribution in [0.4, 0.5) is 0 Å². The van der Waals surface area contributed by atoms with Gasteiger partial charge in [0.2, 0.25) is 0 Å². The number of fused-ring (bicyclic) bond motifs is 1. The fourth-order valence-electron chi connectivity index (χ4n) is 2.87. The van der Waals surface area contributed by atoms with Crippen molar-refractivity contribution in [2.75, 3.05) is 0 Å². The highest BCUT2D eigenvalue weighted by atomic mass is 32.1. The molecule has 3 rings (SSSR count). The highest BCUT2D eigenvalue weighted by Crippen LogP contribution is 2.27. The second kappa shape index (κ2) is 6.01. The summed E-state index contributed by atoms with van der Waals surface area (Å²) in [4.78, 5) is 23.5. The summed E-state index contributed by atoms with van der Waals surface area (Å²) < 4.78 is 1.75. The third-order valence-electron chi connectivity index (χ3n) is 4.02. The summed E-state index contributed by atoms with van der Waals surface area (Å²) in [6.45, 7) is 6.20. The first kappa shape index (κ1) is 14.9. The lowest BCUT2D eigenvalue weighted by molar-refractivity contribution is 0.522. The van der Waals surface area contributed by atoms with Crippen LogP contribution in [0.15, 0.2) is 35.6 Å². The zero-order chi connectivity index (χ0) is 15.7. The minimum absolute atomic E-state index is 0.0542. The molecule has 5 heteroatoms. The summed E-state index contributed by atoms with van der Waals surface area (Å²) in [6.07, 6.45) is 6.92. The van der Waals surface area contributed by atoms with Gasteiger partial charge in [-0.05, 0) is 43.9 Å². The molecule has 0 aromatic carbocycles. The van der Waals surface area contributed by atoms with Gasteiger partial charge in [0.1, 0.15) is 4.83 Å². The average Bonchev–Trinajstić information content (AvgIpc) is 2.84. The van der Waals surface area contributed by atoms with E-state index in [1.165, 1.54) is 4.88 Å². The minimum atomic E-state index is 0.0542. The van der Waals surface area contributed by atoms with E-state index in [2.05, 4.69) is 23.8 Å². The quantitative estimate of drug-likeness (QED) is 0.740. The Morgan fingerprint density at radius 3 is 2.91 bits per heavy atom. The van der Waals surface area contributed by atoms with Crippen molar-refractivity contribution < 1.29 is 0 Å². The summed E-state index contributed by atoms with van der Waals surface area (Å²) >= 11 is 1.61. The molecule has 0 fully saturated rings. The Bertz CT molecular complexity index is 851. The summed E-state index contributed by atoms with van der Waals surface area (Å²) in [5, 5.41) is 0.797. The van der Waals surface area contributed by atoms with Gasteiger partial charge in [0.25, 0.3) is 5.56 Å². The van der Waals surface area contributed by atoms with Crippen LogP contribution in [0, 0.1) is 6.92 Å². The fourth-order valence-corrected chi connectivity index (χ4v) is 3.94. The van der Waals surface area contributed by atoms with Gasteiger partial charge in [0.15, 0.2) is 0 Å². The second-order valence-electron chi connectivity index (χ2n) is 5.54. The van der Waals surface area contributed by atoms with E-state index in [4.69, 9.17) is 0 Å². The number of aryl methyl sites for hydroxylation is 2. The van der Waals surface area contributed by atoms with Crippen LogP contribution < -0.4 is 5.56 Å². The molecule has 0 saturated heterocycles. The van der Waals surface area contributed by atoms with Gasteiger partial charge in [-0.1, -0.05) is 13.0 Å². The van der Waals surface area contributed by atoms with Crippen LogP contribution in [-0.4, -0.2) is 14.5 Å². The van der Waals surface area contributed by atoms with Gasteiger partial charge in [0, 0.05) is 23.3 Å². The van der Waals surface area contributed by atoms with Gasteiger partial charge in [-0.15, -0.1) is 11.3 Å². The third kappa shape index (κ3) is 2.57. The molecule has 0 aliphatic heterocycles. The third-order valence-corrected chi connectivity index (χ3v) is 5.08. The van der Waals surface area contributed by atoms with Crippen LogP contribution in [0.25, 0.3) is 10.2 Å². The first-order valence-corrected chi connectivity index (χ1v) is 8.31. The Morgan fingerprint density at radius 2 is 2.23 bits per heavy atom. The molecule has 1 atom stereocenters. The Kier molecular flexibility index (Phi) is 4.07. The molecule has 0 bridgehead atoms. The van der Waals surface area contributed by atoms with E-state index < -0.39 is 0 Å². The monoisotopic (exact) mass is 313 g/mol. The van der Waals surface area contributed by atoms with Crippen LogP contribution in [0.1, 0.15) is 35.9 Å². The second-order valence-corrected chi connectivity index (χ2v) is 6.75. The Balaban J connectivity index is 2.04. The maximum absolute atomic E-state index is 12.9. The molecule has 0 unspecified atom stereocenters. The molecular weight excluding hydrogens is 294 g/mol. The standard InChI is InChI=1S/C17H19N3OS/c1-4-14-12(3)22-16-15(14)17(21)20(10-19-16)11(2)8-13-6-5-7-18-9-13/h5-7,9-11H,4,8H2,1-3H3/t11-/m0/s1. The summed E-state index contributed by atoms with van der Waals surface area (Å²) in [7, 11) is 0. The smallest absolute Gasteiger partial charge is 0.262 e. The Labute approximate surface area is 133 Å². The first-order valence-electron chi connectivity index (χ1n) is 7.49. The van der Waals surface area contributed by atoms with Gasteiger partial charge in [-0.2, -0.15) is 0 Å². The van der Waals surface area contributed by atoms with Gasteiger partial charge in [-0.3, -0.25) is 14.3 Å². The number of hydrogen-bond donors (Lipinski definition) is 0. The summed E-state index contributed by atoms with van der Waals surface area (Å²) in [5.74, 6) is 0. The number of aromatic nitrogens is 3. The predicted octanol–water partition coefficient (Wildman–Crippen LogP) is 3.53. The van der Waals surface area contributed by atoms with E-state index in [1.54, 1.807) is 28.4 Å². The first-order chi connectivity index (χ1) is 10.6. The van der Waals surface area contributed by atoms with Crippen molar-refractivity contribution in [2.45, 2.75) is 39.7 Å². The minimum Gasteiger partial charge on any atom is -0.295 e. The molecule has 0 radical (unpaired) electrons. The number of thiophene rings is 1. The van der Waals surface area contributed by atoms with Crippen LogP contribution >= 0.6 is 11.3 Å². The molecule has 22 heavy (non-hydrogen) atoms. The number of hydrogen-bond acceptors (Lipinski definition) is 4. The SMILES string of the molecule is CCc1c(C)sc2ncn([C@@H](C)Cc3cccnc3)c(=O)c12. The van der Waals surface area contributed by atoms with E-state index in [1.807, 2.05) is 25.3 Å². The topological polar surface area (TPSA) is 47.8 Å². The van der Waals surface area contributed by atoms with Gasteiger partial charge in [0.05, 0.1) is 11.7 Å². The zero-order valence-corrected chi connectivity index (χ0v) is 13.9. The average molecular weight is 313 g/mol. The lowest BCUT2D eigenvalue weighted by Gasteiger charge is -2.14. The van der Waals surface area contributed by atoms with Crippen LogP contribution in [0.3, 0.4) is 0 Å². The molecule has 0 amide bonds. The largest absolute Gasteiger partial charge is 0.295 e. The van der Waals surface area contributed by atoms with Gasteiger partial charge >= 0.3 is 0 Å². The van der Waals surface area contributed by atoms with Crippen LogP contribution in [-0.2, 0) is 12.8 Å². The number of rotatable bonds is 4. The Hall–Kier alpha value is -2.01. The predicted molar refractivity (Wildman–Crippen MR) is 90.6 cm³/mol. The molecule has 114 valence electrons. The molecule has 3 aromatic heterocycles. The fraction of sp³-hybridized carbons (Fsp3) is 0.353. The van der Waals surface area contributed by atoms with E-state index in [0.29, 0.717) is 0 Å². The highest BCUT2D eigenvalue weighted by Gasteiger charge is 2.16. The lowest BCUT2D eigenvalue weighted by Crippen LogP contribution is -2.25. The van der Waals surface area contributed by atoms with Crippen molar-refractivity contribution in [3.8, 4) is 0 Å². The summed E-state index contributed by atoms with van der Waals surface area (Å²) in [6, 6.07) is 4.01. The number of pyridine rings is 1. The summed E-state index contributed by atoms with van der Waals surface area (Å²) in [5.41, 5.74) is 2.34. The van der Waals surface area contributed by atoms with Crippen molar-refractivity contribution in [1.29, 1.82) is 0 Å². The van der Waals surface area contributed by atoms with Crippen molar-refractivity contribution >= 4 is 21.6 Å². The zero-order valence-electron chi connectivity index (χ0n) is 13.0. The highest BCUT2D eigenvalue weighted by molar-refractivity contribution is 7.18. The van der Waals surface area contributed by atoms with Crippen molar-refractivity contribution in [1.82, 2.24) is 14.5 Å². The van der Waals surface area contributed by atoms with E-state index in [9.17, 15) is 4.79 Å². The van der Waals surface area contributed by atoms with Crippen molar-refractivity contribution in [3.05, 3.63) is 57.2 Å². The normalized spacial score (nSPS) is 12.7. The van der Waals surface area contributed by atoms with E-state index >= 15 is 0 Å². The van der Waals surface area contributed by atoms with Crippen LogP contribution in [0.5, 0.6) is 0 Å². The molecular formula is C17H19N3OS. The molecule has 0 aliphatic rings. The Morgan fingerprint density at radius 1 is 1.41 bits per heavy atom. The lowest BCUT2D eigenvalue weighted by atomic mass is 10.1. The maximum Gasteiger partial charge on any atom is 0.262 e. The molecule has 4 nitrogen and oxygen atoms in total. The van der Waals surface area contributed by atoms with Crippen molar-refractivity contribution in [2.24, 2.45) is 0 Å². The van der Waals surface area contributed by atoms with E-state index in [-0.39, 0.29) is 11.6 Å².